The van der Waals surface area contributed by atoms with Crippen molar-refractivity contribution in [2.45, 2.75) is 61.5 Å². The Hall–Kier alpha value is -2.71. The first-order chi connectivity index (χ1) is 24.0. The topological polar surface area (TPSA) is 151 Å². The van der Waals surface area contributed by atoms with Gasteiger partial charge in [0.25, 0.3) is 0 Å². The van der Waals surface area contributed by atoms with E-state index in [1.807, 2.05) is 55.5 Å². The predicted molar refractivity (Wildman–Crippen MR) is 195 cm³/mol. The van der Waals surface area contributed by atoms with Crippen LogP contribution in [0, 0.1) is 5.41 Å². The van der Waals surface area contributed by atoms with Gasteiger partial charge in [-0.2, -0.15) is 0 Å². The summed E-state index contributed by atoms with van der Waals surface area (Å²) in [5.74, 6) is 0.986. The molecule has 11 nitrogen and oxygen atoms in total. The summed E-state index contributed by atoms with van der Waals surface area (Å²) < 4.78 is 19.4. The van der Waals surface area contributed by atoms with E-state index in [1.54, 1.807) is 17.0 Å². The summed E-state index contributed by atoms with van der Waals surface area (Å²) in [6, 6.07) is 12.8. The predicted octanol–water partition coefficient (Wildman–Crippen LogP) is 3.45. The Balaban J connectivity index is 1.37. The molecule has 2 saturated heterocycles. The van der Waals surface area contributed by atoms with Crippen LogP contribution in [0.2, 0.25) is 5.02 Å². The smallest absolute Gasteiger partial charge is 0.145 e. The van der Waals surface area contributed by atoms with Gasteiger partial charge in [0.05, 0.1) is 36.5 Å². The third-order valence-corrected chi connectivity index (χ3v) is 10.5. The van der Waals surface area contributed by atoms with Crippen LogP contribution in [0.5, 0.6) is 11.5 Å². The lowest BCUT2D eigenvalue weighted by molar-refractivity contribution is -0.0540. The number of nitrogens with one attached hydrogen (secondary N) is 2. The molecule has 2 fully saturated rings. The van der Waals surface area contributed by atoms with Crippen LogP contribution in [0.1, 0.15) is 37.3 Å². The fourth-order valence-corrected chi connectivity index (χ4v) is 7.19. The number of hydrogen-bond donors (Lipinski definition) is 6. The number of ether oxygens (including phenoxy) is 3. The molecule has 0 aromatic heterocycles. The van der Waals surface area contributed by atoms with Gasteiger partial charge in [-0.05, 0) is 49.5 Å². The van der Waals surface area contributed by atoms with Crippen molar-refractivity contribution in [2.75, 3.05) is 65.8 Å². The van der Waals surface area contributed by atoms with Gasteiger partial charge in [-0.3, -0.25) is 5.41 Å². The van der Waals surface area contributed by atoms with Crippen LogP contribution in [0.15, 0.2) is 60.7 Å². The molecule has 50 heavy (non-hydrogen) atoms. The van der Waals surface area contributed by atoms with Crippen LogP contribution < -0.4 is 14.8 Å². The first-order valence-corrected chi connectivity index (χ1v) is 18.0. The number of allylic oxidation sites excluding steroid dienone is 2. The minimum absolute atomic E-state index is 0.0193. The molecule has 1 aliphatic carbocycles. The van der Waals surface area contributed by atoms with E-state index < -0.39 is 22.6 Å². The Morgan fingerprint density at radius 3 is 2.46 bits per heavy atom. The molecule has 2 aromatic carbocycles. The average Bonchev–Trinajstić information content (AvgIpc) is 3.74. The normalized spacial score (nSPS) is 25.4. The number of amidine groups is 1. The van der Waals surface area contributed by atoms with E-state index in [2.05, 4.69) is 10.2 Å². The van der Waals surface area contributed by atoms with Crippen molar-refractivity contribution < 1.29 is 34.6 Å². The first kappa shape index (κ1) is 38.5. The lowest BCUT2D eigenvalue weighted by atomic mass is 9.76. The number of hydrogen-bond acceptors (Lipinski definition) is 10. The van der Waals surface area contributed by atoms with Crippen molar-refractivity contribution in [3.05, 3.63) is 76.8 Å². The summed E-state index contributed by atoms with van der Waals surface area (Å²) >= 11 is 14.3. The number of nitrogens with zero attached hydrogens (tertiary/aromatic N) is 2. The van der Waals surface area contributed by atoms with Crippen LogP contribution in [0.25, 0.3) is 5.57 Å². The van der Waals surface area contributed by atoms with Crippen LogP contribution in [0.3, 0.4) is 0 Å². The summed E-state index contributed by atoms with van der Waals surface area (Å²) in [4.78, 5) is 2.97. The van der Waals surface area contributed by atoms with E-state index in [4.69, 9.17) is 42.8 Å². The molecule has 0 amide bonds. The molecule has 13 heteroatoms. The third kappa shape index (κ3) is 9.39. The molecular weight excluding hydrogens is 683 g/mol. The maximum Gasteiger partial charge on any atom is 0.145 e. The molecule has 0 spiro atoms. The van der Waals surface area contributed by atoms with Crippen molar-refractivity contribution in [3.63, 3.8) is 0 Å². The summed E-state index contributed by atoms with van der Waals surface area (Å²) in [7, 11) is 0. The van der Waals surface area contributed by atoms with Gasteiger partial charge in [0, 0.05) is 57.5 Å². The minimum atomic E-state index is -1.10. The Bertz CT molecular complexity index is 1490. The maximum atomic E-state index is 9.95. The molecule has 2 heterocycles. The summed E-state index contributed by atoms with van der Waals surface area (Å²) in [5, 5.41) is 51.0. The van der Waals surface area contributed by atoms with E-state index >= 15 is 0 Å². The van der Waals surface area contributed by atoms with Gasteiger partial charge in [-0.1, -0.05) is 54.1 Å². The monoisotopic (exact) mass is 732 g/mol. The molecule has 2 aromatic rings. The van der Waals surface area contributed by atoms with Gasteiger partial charge in [0.15, 0.2) is 0 Å². The molecule has 3 aliphatic rings. The molecule has 5 rings (SSSR count). The SMILES string of the molecule is CC1(Cl)C(c2ccccc2)=CC=CC1(COc1cc(OCC(=N)N2CC[C@@H](O)C2)c(CNC(CO)CO)cc1Cl)OCCCN1CC[C@@H](O)C1. The lowest BCUT2D eigenvalue weighted by Crippen LogP contribution is -2.55. The third-order valence-electron chi connectivity index (χ3n) is 9.73. The molecule has 0 saturated carbocycles. The van der Waals surface area contributed by atoms with Crippen molar-refractivity contribution in [1.29, 1.82) is 5.41 Å². The first-order valence-electron chi connectivity index (χ1n) is 17.3. The van der Waals surface area contributed by atoms with E-state index in [0.717, 1.165) is 37.1 Å². The summed E-state index contributed by atoms with van der Waals surface area (Å²) in [5.41, 5.74) is 1.40. The van der Waals surface area contributed by atoms with E-state index in [1.165, 1.54) is 0 Å². The number of likely N-dealkylation sites (tertiary alicyclic amines) is 2. The summed E-state index contributed by atoms with van der Waals surface area (Å²) in [6.07, 6.45) is 7.23. The zero-order valence-electron chi connectivity index (χ0n) is 28.6. The number of halogens is 2. The molecule has 0 bridgehead atoms. The Morgan fingerprint density at radius 2 is 1.78 bits per heavy atom. The van der Waals surface area contributed by atoms with Crippen molar-refractivity contribution in [1.82, 2.24) is 15.1 Å². The fraction of sp³-hybridized carbons (Fsp3) is 0.541. The van der Waals surface area contributed by atoms with Gasteiger partial charge >= 0.3 is 0 Å². The van der Waals surface area contributed by atoms with Crippen LogP contribution in [-0.2, 0) is 11.3 Å². The Labute approximate surface area is 304 Å². The number of aliphatic hydroxyl groups is 4. The number of benzene rings is 2. The van der Waals surface area contributed by atoms with Gasteiger partial charge in [-0.15, -0.1) is 11.6 Å². The second kappa shape index (κ2) is 17.7. The van der Waals surface area contributed by atoms with Crippen LogP contribution >= 0.6 is 23.2 Å². The second-order valence-electron chi connectivity index (χ2n) is 13.4. The molecule has 0 radical (unpaired) electrons. The number of aliphatic hydroxyl groups excluding tert-OH is 4. The Morgan fingerprint density at radius 1 is 1.04 bits per heavy atom. The highest BCUT2D eigenvalue weighted by molar-refractivity contribution is 6.32. The van der Waals surface area contributed by atoms with E-state index in [9.17, 15) is 20.4 Å². The zero-order valence-corrected chi connectivity index (χ0v) is 30.1. The quantitative estimate of drug-likeness (QED) is 0.0618. The largest absolute Gasteiger partial charge is 0.488 e. The molecule has 4 atom stereocenters. The van der Waals surface area contributed by atoms with Crippen molar-refractivity contribution in [3.8, 4) is 11.5 Å². The van der Waals surface area contributed by atoms with Crippen molar-refractivity contribution in [2.24, 2.45) is 0 Å². The standard InChI is InChI=1S/C37H50Cl2N4O7/c1-36(39)31(26-7-3-2-4-8-26)9-5-12-37(36,50-16-6-13-42-14-10-29(46)20-42)25-49-34-18-33(48-24-35(40)43-15-11-30(47)21-43)27(17-32(34)38)19-41-28(22-44)23-45/h2-5,7-9,12,17-18,28-30,40-41,44-47H,6,10-11,13-16,19-25H2,1H3/t29-,30-,36?,37?/m1/s1. The minimum Gasteiger partial charge on any atom is -0.488 e. The lowest BCUT2D eigenvalue weighted by Gasteiger charge is -2.45. The molecular formula is C37H50Cl2N4O7. The van der Waals surface area contributed by atoms with Gasteiger partial charge in [0.2, 0.25) is 0 Å². The fourth-order valence-electron chi connectivity index (χ4n) is 6.60. The Kier molecular flexibility index (Phi) is 13.6. The maximum absolute atomic E-state index is 9.95. The zero-order chi connectivity index (χ0) is 35.7. The highest BCUT2D eigenvalue weighted by Gasteiger charge is 2.51. The van der Waals surface area contributed by atoms with Crippen LogP contribution in [0.4, 0.5) is 0 Å². The van der Waals surface area contributed by atoms with Crippen LogP contribution in [-0.4, -0.2) is 131 Å². The van der Waals surface area contributed by atoms with Gasteiger partial charge in [0.1, 0.15) is 41.0 Å². The summed E-state index contributed by atoms with van der Waals surface area (Å²) in [6.45, 7) is 5.30. The van der Waals surface area contributed by atoms with Crippen molar-refractivity contribution >= 4 is 34.6 Å². The van der Waals surface area contributed by atoms with Gasteiger partial charge < -0.3 is 49.8 Å². The number of alkyl halides is 1. The highest BCUT2D eigenvalue weighted by atomic mass is 35.5. The van der Waals surface area contributed by atoms with E-state index in [-0.39, 0.29) is 44.9 Å². The molecule has 274 valence electrons. The molecule has 6 N–H and O–H groups in total. The second-order valence-corrected chi connectivity index (χ2v) is 14.6. The average molecular weight is 734 g/mol. The highest BCUT2D eigenvalue weighted by Crippen LogP contribution is 2.47. The number of rotatable bonds is 17. The number of β-amino-alcohol motifs (C(OH)–C–C–N with tert-alkyl or cyclic N) is 2. The molecule has 2 aliphatic heterocycles. The molecule has 2 unspecified atom stereocenters. The van der Waals surface area contributed by atoms with E-state index in [0.29, 0.717) is 54.7 Å². The van der Waals surface area contributed by atoms with Gasteiger partial charge in [-0.25, -0.2) is 0 Å².